The Morgan fingerprint density at radius 2 is 2.07 bits per heavy atom. The van der Waals surface area contributed by atoms with Gasteiger partial charge in [0.25, 0.3) is 0 Å². The van der Waals surface area contributed by atoms with E-state index in [9.17, 15) is 0 Å². The van der Waals surface area contributed by atoms with Crippen molar-refractivity contribution in [3.8, 4) is 0 Å². The molecule has 2 aromatic rings. The van der Waals surface area contributed by atoms with Gasteiger partial charge < -0.3 is 19.8 Å². The zero-order valence-corrected chi connectivity index (χ0v) is 19.7. The van der Waals surface area contributed by atoms with Gasteiger partial charge in [0.05, 0.1) is 12.2 Å². The number of nitrogens with one attached hydrogen (secondary N) is 2. The molecule has 0 amide bonds. The molecule has 7 heteroatoms. The van der Waals surface area contributed by atoms with Crippen molar-refractivity contribution in [2.24, 2.45) is 10.4 Å². The number of nitrogens with zero attached hydrogens (tertiary/aromatic N) is 3. The quantitative estimate of drug-likeness (QED) is 0.329. The number of aromatic nitrogens is 2. The molecule has 0 aliphatic heterocycles. The molecule has 6 nitrogen and oxygen atoms in total. The summed E-state index contributed by atoms with van der Waals surface area (Å²) < 4.78 is 7.46. The summed E-state index contributed by atoms with van der Waals surface area (Å²) in [6, 6.07) is 6.16. The predicted octanol–water partition coefficient (Wildman–Crippen LogP) is 3.91. The van der Waals surface area contributed by atoms with E-state index in [2.05, 4.69) is 46.1 Å². The molecule has 28 heavy (non-hydrogen) atoms. The number of methoxy groups -OCH3 is 1. The van der Waals surface area contributed by atoms with Crippen LogP contribution in [0.15, 0.2) is 29.4 Å². The smallest absolute Gasteiger partial charge is 0.191 e. The van der Waals surface area contributed by atoms with Crippen LogP contribution in [0, 0.1) is 12.3 Å². The summed E-state index contributed by atoms with van der Waals surface area (Å²) in [5.74, 6) is 0.870. The first kappa shape index (κ1) is 22.9. The number of ether oxygens (including phenoxy) is 1. The van der Waals surface area contributed by atoms with Crippen LogP contribution in [0.4, 0.5) is 0 Å². The molecule has 0 aromatic carbocycles. The number of hydrogen-bond acceptors (Lipinski definition) is 3. The highest BCUT2D eigenvalue weighted by molar-refractivity contribution is 14.0. The first-order valence-corrected chi connectivity index (χ1v) is 10.1. The van der Waals surface area contributed by atoms with E-state index in [1.165, 1.54) is 31.4 Å². The minimum Gasteiger partial charge on any atom is -0.385 e. The van der Waals surface area contributed by atoms with Gasteiger partial charge in [-0.15, -0.1) is 24.0 Å². The zero-order valence-electron chi connectivity index (χ0n) is 17.3. The molecule has 1 aliphatic carbocycles. The number of aliphatic imine (C=N–C) groups is 1. The molecule has 3 rings (SSSR count). The maximum absolute atomic E-state index is 5.34. The second kappa shape index (κ2) is 11.0. The molecular formula is C21H34IN5O. The zero-order chi connectivity index (χ0) is 19.1. The van der Waals surface area contributed by atoms with Gasteiger partial charge in [0.2, 0.25) is 0 Å². The largest absolute Gasteiger partial charge is 0.385 e. The van der Waals surface area contributed by atoms with Crippen LogP contribution in [0.2, 0.25) is 0 Å². The van der Waals surface area contributed by atoms with Crippen molar-refractivity contribution in [1.29, 1.82) is 0 Å². The Hall–Kier alpha value is -1.35. The standard InChI is InChI=1S/C21H33N5O.HI/c1-4-22-20(24-16-21(12-13-27-3)10-5-6-11-21)23-14-18-15-26-17(2)8-7-9-19(26)25-18;/h7-9,15H,4-6,10-14,16H2,1-3H3,(H2,22,23,24);1H. The van der Waals surface area contributed by atoms with Crippen molar-refractivity contribution in [3.63, 3.8) is 0 Å². The van der Waals surface area contributed by atoms with Crippen molar-refractivity contribution in [1.82, 2.24) is 20.0 Å². The molecule has 1 saturated carbocycles. The van der Waals surface area contributed by atoms with Crippen LogP contribution in [0.5, 0.6) is 0 Å². The lowest BCUT2D eigenvalue weighted by atomic mass is 9.83. The molecule has 0 unspecified atom stereocenters. The van der Waals surface area contributed by atoms with E-state index >= 15 is 0 Å². The Labute approximate surface area is 185 Å². The maximum atomic E-state index is 5.34. The molecule has 2 heterocycles. The Morgan fingerprint density at radius 3 is 2.75 bits per heavy atom. The van der Waals surface area contributed by atoms with Gasteiger partial charge in [-0.05, 0) is 50.7 Å². The van der Waals surface area contributed by atoms with Crippen molar-refractivity contribution >= 4 is 35.6 Å². The maximum Gasteiger partial charge on any atom is 0.191 e. The third-order valence-corrected chi connectivity index (χ3v) is 5.62. The molecule has 0 saturated heterocycles. The summed E-state index contributed by atoms with van der Waals surface area (Å²) in [7, 11) is 1.79. The Kier molecular flexibility index (Phi) is 9.01. The normalized spacial score (nSPS) is 16.2. The molecule has 0 bridgehead atoms. The van der Waals surface area contributed by atoms with Crippen LogP contribution in [0.1, 0.15) is 50.4 Å². The Balaban J connectivity index is 0.00000280. The topological polar surface area (TPSA) is 63.0 Å². The summed E-state index contributed by atoms with van der Waals surface area (Å²) in [6.45, 7) is 7.39. The average Bonchev–Trinajstić information content (AvgIpc) is 3.30. The van der Waals surface area contributed by atoms with Crippen molar-refractivity contribution in [3.05, 3.63) is 35.8 Å². The predicted molar refractivity (Wildman–Crippen MR) is 126 cm³/mol. The third-order valence-electron chi connectivity index (χ3n) is 5.62. The average molecular weight is 499 g/mol. The summed E-state index contributed by atoms with van der Waals surface area (Å²) >= 11 is 0. The molecule has 0 radical (unpaired) electrons. The van der Waals surface area contributed by atoms with Crippen LogP contribution in [0.25, 0.3) is 5.65 Å². The highest BCUT2D eigenvalue weighted by Gasteiger charge is 2.33. The number of guanidine groups is 1. The number of hydrogen-bond donors (Lipinski definition) is 2. The molecule has 0 atom stereocenters. The minimum absolute atomic E-state index is 0. The number of rotatable bonds is 8. The third kappa shape index (κ3) is 5.83. The van der Waals surface area contributed by atoms with E-state index in [0.29, 0.717) is 12.0 Å². The van der Waals surface area contributed by atoms with Crippen LogP contribution in [0.3, 0.4) is 0 Å². The summed E-state index contributed by atoms with van der Waals surface area (Å²) in [4.78, 5) is 9.45. The van der Waals surface area contributed by atoms with Gasteiger partial charge in [-0.25, -0.2) is 9.98 Å². The van der Waals surface area contributed by atoms with E-state index in [1.54, 1.807) is 7.11 Å². The Bertz CT molecular complexity index is 767. The first-order chi connectivity index (χ1) is 13.2. The fourth-order valence-electron chi connectivity index (χ4n) is 4.01. The lowest BCUT2D eigenvalue weighted by molar-refractivity contribution is 0.138. The molecule has 1 fully saturated rings. The van der Waals surface area contributed by atoms with Gasteiger partial charge >= 0.3 is 0 Å². The second-order valence-corrected chi connectivity index (χ2v) is 7.63. The fraction of sp³-hybridized carbons (Fsp3) is 0.619. The van der Waals surface area contributed by atoms with Crippen LogP contribution >= 0.6 is 24.0 Å². The van der Waals surface area contributed by atoms with E-state index in [1.807, 2.05) is 12.1 Å². The van der Waals surface area contributed by atoms with Gasteiger partial charge in [0.15, 0.2) is 5.96 Å². The van der Waals surface area contributed by atoms with Gasteiger partial charge in [-0.3, -0.25) is 0 Å². The number of aryl methyl sites for hydroxylation is 1. The van der Waals surface area contributed by atoms with Crippen molar-refractivity contribution in [2.45, 2.75) is 52.5 Å². The number of halogens is 1. The number of imidazole rings is 1. The van der Waals surface area contributed by atoms with Gasteiger partial charge in [-0.1, -0.05) is 18.9 Å². The molecule has 2 aromatic heterocycles. The minimum atomic E-state index is 0. The number of pyridine rings is 1. The highest BCUT2D eigenvalue weighted by atomic mass is 127. The summed E-state index contributed by atoms with van der Waals surface area (Å²) in [6.07, 6.45) is 8.37. The summed E-state index contributed by atoms with van der Waals surface area (Å²) in [5, 5.41) is 6.94. The molecule has 1 aliphatic rings. The van der Waals surface area contributed by atoms with Gasteiger partial charge in [0.1, 0.15) is 5.65 Å². The SMILES string of the molecule is CCNC(=NCc1cn2c(C)cccc2n1)NCC1(CCOC)CCCC1.I. The molecule has 156 valence electrons. The lowest BCUT2D eigenvalue weighted by Gasteiger charge is -2.29. The molecular weight excluding hydrogens is 465 g/mol. The van der Waals surface area contributed by atoms with E-state index in [0.717, 1.165) is 43.4 Å². The van der Waals surface area contributed by atoms with Crippen molar-refractivity contribution < 1.29 is 4.74 Å². The van der Waals surface area contributed by atoms with Crippen LogP contribution < -0.4 is 10.6 Å². The first-order valence-electron chi connectivity index (χ1n) is 10.1. The van der Waals surface area contributed by atoms with E-state index < -0.39 is 0 Å². The highest BCUT2D eigenvalue weighted by Crippen LogP contribution is 2.40. The van der Waals surface area contributed by atoms with Crippen LogP contribution in [-0.2, 0) is 11.3 Å². The monoisotopic (exact) mass is 499 g/mol. The molecule has 0 spiro atoms. The van der Waals surface area contributed by atoms with Crippen molar-refractivity contribution in [2.75, 3.05) is 26.8 Å². The lowest BCUT2D eigenvalue weighted by Crippen LogP contribution is -2.43. The fourth-order valence-corrected chi connectivity index (χ4v) is 4.01. The Morgan fingerprint density at radius 1 is 1.29 bits per heavy atom. The summed E-state index contributed by atoms with van der Waals surface area (Å²) in [5.41, 5.74) is 3.48. The van der Waals surface area contributed by atoms with Gasteiger partial charge in [-0.2, -0.15) is 0 Å². The van der Waals surface area contributed by atoms with E-state index in [4.69, 9.17) is 9.73 Å². The van der Waals surface area contributed by atoms with Crippen LogP contribution in [-0.4, -0.2) is 42.2 Å². The number of fused-ring (bicyclic) bond motifs is 1. The molecule has 2 N–H and O–H groups in total. The van der Waals surface area contributed by atoms with Gasteiger partial charge in [0, 0.05) is 38.7 Å². The second-order valence-electron chi connectivity index (χ2n) is 7.63. The van der Waals surface area contributed by atoms with E-state index in [-0.39, 0.29) is 24.0 Å².